The SMILES string of the molecule is C[C@@](Cl)(CCl)C(=O)NCCN1CCOCC1. The number of halogens is 2. The molecule has 94 valence electrons. The zero-order valence-electron chi connectivity index (χ0n) is 9.47. The van der Waals surface area contributed by atoms with E-state index in [0.717, 1.165) is 32.8 Å². The van der Waals surface area contributed by atoms with Crippen LogP contribution in [0, 0.1) is 0 Å². The highest BCUT2D eigenvalue weighted by Crippen LogP contribution is 2.15. The first-order chi connectivity index (χ1) is 7.56. The molecule has 1 N–H and O–H groups in total. The molecule has 1 saturated heterocycles. The fraction of sp³-hybridized carbons (Fsp3) is 0.900. The number of nitrogens with zero attached hydrogens (tertiary/aromatic N) is 1. The van der Waals surface area contributed by atoms with Crippen LogP contribution in [0.1, 0.15) is 6.92 Å². The van der Waals surface area contributed by atoms with E-state index in [-0.39, 0.29) is 11.8 Å². The summed E-state index contributed by atoms with van der Waals surface area (Å²) in [5.41, 5.74) is 0. The predicted molar refractivity (Wildman–Crippen MR) is 65.2 cm³/mol. The molecule has 4 nitrogen and oxygen atoms in total. The van der Waals surface area contributed by atoms with Crippen molar-refractivity contribution in [3.63, 3.8) is 0 Å². The monoisotopic (exact) mass is 268 g/mol. The molecular formula is C10H18Cl2N2O2. The first-order valence-electron chi connectivity index (χ1n) is 5.39. The van der Waals surface area contributed by atoms with E-state index in [1.54, 1.807) is 6.92 Å². The number of rotatable bonds is 5. The highest BCUT2D eigenvalue weighted by Gasteiger charge is 2.29. The van der Waals surface area contributed by atoms with Gasteiger partial charge in [-0.25, -0.2) is 0 Å². The molecule has 0 spiro atoms. The number of amides is 1. The van der Waals surface area contributed by atoms with Gasteiger partial charge < -0.3 is 10.1 Å². The van der Waals surface area contributed by atoms with E-state index in [0.29, 0.717) is 6.54 Å². The van der Waals surface area contributed by atoms with Crippen LogP contribution in [0.2, 0.25) is 0 Å². The molecule has 1 fully saturated rings. The van der Waals surface area contributed by atoms with E-state index < -0.39 is 4.87 Å². The summed E-state index contributed by atoms with van der Waals surface area (Å²) in [5, 5.41) is 2.78. The van der Waals surface area contributed by atoms with E-state index in [4.69, 9.17) is 27.9 Å². The number of hydrogen-bond donors (Lipinski definition) is 1. The molecule has 0 aromatic carbocycles. The minimum absolute atomic E-state index is 0.109. The van der Waals surface area contributed by atoms with Crippen molar-refractivity contribution in [2.45, 2.75) is 11.8 Å². The highest BCUT2D eigenvalue weighted by molar-refractivity contribution is 6.39. The average Bonchev–Trinajstić information content (AvgIpc) is 2.30. The van der Waals surface area contributed by atoms with E-state index in [1.165, 1.54) is 0 Å². The van der Waals surface area contributed by atoms with Crippen LogP contribution in [0.4, 0.5) is 0 Å². The Kier molecular flexibility index (Phi) is 5.83. The largest absolute Gasteiger partial charge is 0.379 e. The minimum Gasteiger partial charge on any atom is -0.379 e. The van der Waals surface area contributed by atoms with E-state index in [2.05, 4.69) is 10.2 Å². The Labute approximate surface area is 106 Å². The van der Waals surface area contributed by atoms with Gasteiger partial charge >= 0.3 is 0 Å². The van der Waals surface area contributed by atoms with E-state index in [1.807, 2.05) is 0 Å². The summed E-state index contributed by atoms with van der Waals surface area (Å²) < 4.78 is 5.23. The van der Waals surface area contributed by atoms with Crippen LogP contribution in [-0.4, -0.2) is 61.0 Å². The summed E-state index contributed by atoms with van der Waals surface area (Å²) in [6, 6.07) is 0. The highest BCUT2D eigenvalue weighted by atomic mass is 35.5. The van der Waals surface area contributed by atoms with Crippen molar-refractivity contribution >= 4 is 29.1 Å². The van der Waals surface area contributed by atoms with Crippen LogP contribution >= 0.6 is 23.2 Å². The Hall–Kier alpha value is -0.0300. The normalized spacial score (nSPS) is 21.4. The molecule has 0 aromatic rings. The van der Waals surface area contributed by atoms with Crippen molar-refractivity contribution in [1.29, 1.82) is 0 Å². The smallest absolute Gasteiger partial charge is 0.242 e. The zero-order chi connectivity index (χ0) is 12.0. The number of ether oxygens (including phenoxy) is 1. The fourth-order valence-electron chi connectivity index (χ4n) is 1.40. The van der Waals surface area contributed by atoms with Gasteiger partial charge in [-0.05, 0) is 6.92 Å². The van der Waals surface area contributed by atoms with E-state index in [9.17, 15) is 4.79 Å². The minimum atomic E-state index is -1.01. The summed E-state index contributed by atoms with van der Waals surface area (Å²) in [7, 11) is 0. The molecule has 1 heterocycles. The van der Waals surface area contributed by atoms with Crippen molar-refractivity contribution < 1.29 is 9.53 Å². The second-order valence-corrected chi connectivity index (χ2v) is 5.14. The summed E-state index contributed by atoms with van der Waals surface area (Å²) in [6.45, 7) is 6.41. The van der Waals surface area contributed by atoms with Crippen LogP contribution in [0.5, 0.6) is 0 Å². The number of carbonyl (C=O) groups is 1. The molecule has 0 saturated carbocycles. The summed E-state index contributed by atoms with van der Waals surface area (Å²) in [5.74, 6) is -0.102. The zero-order valence-corrected chi connectivity index (χ0v) is 11.0. The van der Waals surface area contributed by atoms with Gasteiger partial charge in [0.25, 0.3) is 0 Å². The average molecular weight is 269 g/mol. The molecule has 0 aromatic heterocycles. The van der Waals surface area contributed by atoms with Gasteiger partial charge in [-0.3, -0.25) is 9.69 Å². The maximum Gasteiger partial charge on any atom is 0.242 e. The molecular weight excluding hydrogens is 251 g/mol. The summed E-state index contributed by atoms with van der Waals surface area (Å²) >= 11 is 11.5. The van der Waals surface area contributed by atoms with Crippen molar-refractivity contribution in [3.05, 3.63) is 0 Å². The molecule has 1 aliphatic heterocycles. The number of morpholine rings is 1. The first kappa shape index (κ1) is 14.0. The second-order valence-electron chi connectivity index (χ2n) is 4.04. The third-order valence-electron chi connectivity index (χ3n) is 2.54. The molecule has 0 bridgehead atoms. The molecule has 1 atom stereocenters. The van der Waals surface area contributed by atoms with Gasteiger partial charge in [-0.1, -0.05) is 0 Å². The molecule has 1 aliphatic rings. The third-order valence-corrected chi connectivity index (χ3v) is 3.52. The van der Waals surface area contributed by atoms with Gasteiger partial charge in [-0.15, -0.1) is 23.2 Å². The van der Waals surface area contributed by atoms with Crippen LogP contribution in [0.25, 0.3) is 0 Å². The Balaban J connectivity index is 2.17. The molecule has 1 rings (SSSR count). The van der Waals surface area contributed by atoms with Crippen LogP contribution < -0.4 is 5.32 Å². The third kappa shape index (κ3) is 4.45. The number of alkyl halides is 2. The lowest BCUT2D eigenvalue weighted by Gasteiger charge is -2.27. The lowest BCUT2D eigenvalue weighted by Crippen LogP contribution is -2.46. The summed E-state index contributed by atoms with van der Waals surface area (Å²) in [4.78, 5) is 12.8. The van der Waals surface area contributed by atoms with Gasteiger partial charge in [0.15, 0.2) is 0 Å². The Morgan fingerprint density at radius 3 is 2.69 bits per heavy atom. The second kappa shape index (κ2) is 6.64. The predicted octanol–water partition coefficient (Wildman–Crippen LogP) is 0.671. The van der Waals surface area contributed by atoms with Crippen molar-refractivity contribution in [3.8, 4) is 0 Å². The number of hydrogen-bond acceptors (Lipinski definition) is 3. The standard InChI is InChI=1S/C10H18Cl2N2O2/c1-10(12,8-11)9(15)13-2-3-14-4-6-16-7-5-14/h2-8H2,1H3,(H,13,15)/t10-/m1/s1. The molecule has 1 amide bonds. The molecule has 6 heteroatoms. The van der Waals surface area contributed by atoms with Gasteiger partial charge in [0, 0.05) is 26.2 Å². The maximum atomic E-state index is 11.6. The van der Waals surface area contributed by atoms with Crippen molar-refractivity contribution in [2.75, 3.05) is 45.3 Å². The lowest BCUT2D eigenvalue weighted by atomic mass is 10.2. The van der Waals surface area contributed by atoms with Gasteiger partial charge in [0.05, 0.1) is 19.1 Å². The molecule has 0 unspecified atom stereocenters. The maximum absolute atomic E-state index is 11.6. The Morgan fingerprint density at radius 2 is 2.12 bits per heavy atom. The Bertz CT molecular complexity index is 231. The van der Waals surface area contributed by atoms with Gasteiger partial charge in [0.2, 0.25) is 5.91 Å². The lowest BCUT2D eigenvalue weighted by molar-refractivity contribution is -0.122. The van der Waals surface area contributed by atoms with Crippen LogP contribution in [0.3, 0.4) is 0 Å². The molecule has 16 heavy (non-hydrogen) atoms. The fourth-order valence-corrected chi connectivity index (χ4v) is 1.59. The number of nitrogens with one attached hydrogen (secondary N) is 1. The Morgan fingerprint density at radius 1 is 1.50 bits per heavy atom. The van der Waals surface area contributed by atoms with Crippen molar-refractivity contribution in [1.82, 2.24) is 10.2 Å². The molecule has 0 radical (unpaired) electrons. The molecule has 0 aliphatic carbocycles. The first-order valence-corrected chi connectivity index (χ1v) is 6.31. The topological polar surface area (TPSA) is 41.6 Å². The van der Waals surface area contributed by atoms with Crippen molar-refractivity contribution in [2.24, 2.45) is 0 Å². The van der Waals surface area contributed by atoms with Gasteiger partial charge in [-0.2, -0.15) is 0 Å². The summed E-state index contributed by atoms with van der Waals surface area (Å²) in [6.07, 6.45) is 0. The van der Waals surface area contributed by atoms with E-state index >= 15 is 0 Å². The van der Waals surface area contributed by atoms with Gasteiger partial charge in [0.1, 0.15) is 4.87 Å². The van der Waals surface area contributed by atoms with Crippen LogP contribution in [0.15, 0.2) is 0 Å². The number of carbonyl (C=O) groups excluding carboxylic acids is 1. The van der Waals surface area contributed by atoms with Crippen LogP contribution in [-0.2, 0) is 9.53 Å². The quantitative estimate of drug-likeness (QED) is 0.746.